The maximum Gasteiger partial charge on any atom is 0.168 e. The van der Waals surface area contributed by atoms with E-state index in [9.17, 15) is 4.79 Å². The first-order valence-corrected chi connectivity index (χ1v) is 5.81. The second-order valence-corrected chi connectivity index (χ2v) is 4.58. The van der Waals surface area contributed by atoms with E-state index in [1.165, 1.54) is 5.56 Å². The summed E-state index contributed by atoms with van der Waals surface area (Å²) in [5, 5.41) is 0. The van der Waals surface area contributed by atoms with E-state index < -0.39 is 5.60 Å². The minimum absolute atomic E-state index is 0.232. The van der Waals surface area contributed by atoms with Gasteiger partial charge in [-0.3, -0.25) is 4.79 Å². The van der Waals surface area contributed by atoms with E-state index in [0.29, 0.717) is 6.42 Å². The van der Waals surface area contributed by atoms with Crippen molar-refractivity contribution < 1.29 is 9.53 Å². The molecule has 1 aliphatic rings. The number of ether oxygens (including phenoxy) is 1. The summed E-state index contributed by atoms with van der Waals surface area (Å²) >= 11 is 0. The lowest BCUT2D eigenvalue weighted by Crippen LogP contribution is -2.47. The molecule has 0 atom stereocenters. The number of Topliss-reactive ketones (excluding diaryl/α,β-unsaturated/α-hetero) is 1. The average Bonchev–Trinajstić information content (AvgIpc) is 2.21. The van der Waals surface area contributed by atoms with Gasteiger partial charge in [0.25, 0.3) is 0 Å². The lowest BCUT2D eigenvalue weighted by molar-refractivity contribution is -0.151. The Morgan fingerprint density at radius 1 is 1.38 bits per heavy atom. The van der Waals surface area contributed by atoms with Crippen LogP contribution in [0.25, 0.3) is 0 Å². The highest BCUT2D eigenvalue weighted by Crippen LogP contribution is 2.36. The van der Waals surface area contributed by atoms with Gasteiger partial charge in [0.05, 0.1) is 0 Å². The maximum atomic E-state index is 12.2. The summed E-state index contributed by atoms with van der Waals surface area (Å²) in [6.07, 6.45) is 3.37. The first kappa shape index (κ1) is 11.3. The molecule has 0 radical (unpaired) electrons. The molecule has 0 saturated heterocycles. The number of hydrogen-bond donors (Lipinski definition) is 0. The van der Waals surface area contributed by atoms with Crippen LogP contribution in [-0.2, 0) is 16.0 Å². The summed E-state index contributed by atoms with van der Waals surface area (Å²) in [6, 6.07) is 8.05. The molecule has 2 nitrogen and oxygen atoms in total. The molecule has 0 spiro atoms. The summed E-state index contributed by atoms with van der Waals surface area (Å²) in [4.78, 5) is 12.2. The fourth-order valence-corrected chi connectivity index (χ4v) is 2.24. The zero-order chi connectivity index (χ0) is 11.6. The van der Waals surface area contributed by atoms with Gasteiger partial charge in [-0.05, 0) is 37.3 Å². The smallest absolute Gasteiger partial charge is 0.168 e. The molecular weight excluding hydrogens is 200 g/mol. The second kappa shape index (κ2) is 4.38. The Balaban J connectivity index is 2.10. The predicted octanol–water partition coefficient (Wildman–Crippen LogP) is 2.68. The Morgan fingerprint density at radius 2 is 2.06 bits per heavy atom. The van der Waals surface area contributed by atoms with Crippen LogP contribution in [0.3, 0.4) is 0 Å². The van der Waals surface area contributed by atoms with Crippen molar-refractivity contribution in [1.29, 1.82) is 0 Å². The molecule has 86 valence electrons. The summed E-state index contributed by atoms with van der Waals surface area (Å²) in [5.74, 6) is 0.232. The van der Waals surface area contributed by atoms with Crippen molar-refractivity contribution in [2.24, 2.45) is 0 Å². The normalized spacial score (nSPS) is 17.9. The van der Waals surface area contributed by atoms with Gasteiger partial charge in [-0.2, -0.15) is 0 Å². The van der Waals surface area contributed by atoms with Gasteiger partial charge in [0.1, 0.15) is 5.60 Å². The van der Waals surface area contributed by atoms with Crippen molar-refractivity contribution in [2.75, 3.05) is 7.11 Å². The highest BCUT2D eigenvalue weighted by molar-refractivity contribution is 5.90. The molecule has 0 bridgehead atoms. The number of rotatable bonds is 4. The highest BCUT2D eigenvalue weighted by Gasteiger charge is 2.43. The van der Waals surface area contributed by atoms with Crippen molar-refractivity contribution in [2.45, 2.75) is 38.2 Å². The minimum Gasteiger partial charge on any atom is -0.370 e. The Bertz CT molecular complexity index is 386. The SMILES string of the molecule is COC1(C(=O)Cc2ccccc2C)CCC1. The van der Waals surface area contributed by atoms with Crippen molar-refractivity contribution in [1.82, 2.24) is 0 Å². The van der Waals surface area contributed by atoms with E-state index >= 15 is 0 Å². The van der Waals surface area contributed by atoms with Crippen molar-refractivity contribution >= 4 is 5.78 Å². The Labute approximate surface area is 96.6 Å². The number of hydrogen-bond acceptors (Lipinski definition) is 2. The molecule has 0 heterocycles. The van der Waals surface area contributed by atoms with E-state index in [4.69, 9.17) is 4.74 Å². The van der Waals surface area contributed by atoms with Gasteiger partial charge in [0, 0.05) is 13.5 Å². The predicted molar refractivity (Wildman–Crippen MR) is 63.5 cm³/mol. The van der Waals surface area contributed by atoms with E-state index in [0.717, 1.165) is 24.8 Å². The molecule has 0 N–H and O–H groups in total. The van der Waals surface area contributed by atoms with Crippen LogP contribution in [0.1, 0.15) is 30.4 Å². The zero-order valence-electron chi connectivity index (χ0n) is 9.95. The molecule has 16 heavy (non-hydrogen) atoms. The molecule has 0 aromatic heterocycles. The molecule has 1 saturated carbocycles. The van der Waals surface area contributed by atoms with Gasteiger partial charge < -0.3 is 4.74 Å². The second-order valence-electron chi connectivity index (χ2n) is 4.58. The van der Waals surface area contributed by atoms with Gasteiger partial charge in [-0.25, -0.2) is 0 Å². The fraction of sp³-hybridized carbons (Fsp3) is 0.500. The fourth-order valence-electron chi connectivity index (χ4n) is 2.24. The average molecular weight is 218 g/mol. The third-order valence-corrected chi connectivity index (χ3v) is 3.67. The first-order chi connectivity index (χ1) is 7.68. The van der Waals surface area contributed by atoms with Crippen molar-refractivity contribution in [3.8, 4) is 0 Å². The van der Waals surface area contributed by atoms with Crippen LogP contribution in [0, 0.1) is 6.92 Å². The van der Waals surface area contributed by atoms with Crippen LogP contribution in [0.5, 0.6) is 0 Å². The van der Waals surface area contributed by atoms with E-state index in [-0.39, 0.29) is 5.78 Å². The Morgan fingerprint density at radius 3 is 2.56 bits per heavy atom. The van der Waals surface area contributed by atoms with Gasteiger partial charge in [-0.15, -0.1) is 0 Å². The number of aryl methyl sites for hydroxylation is 1. The summed E-state index contributed by atoms with van der Waals surface area (Å²) < 4.78 is 5.40. The van der Waals surface area contributed by atoms with Crippen molar-refractivity contribution in [3.05, 3.63) is 35.4 Å². The molecule has 0 aliphatic heterocycles. The monoisotopic (exact) mass is 218 g/mol. The van der Waals surface area contributed by atoms with E-state index in [1.54, 1.807) is 7.11 Å². The lowest BCUT2D eigenvalue weighted by Gasteiger charge is -2.39. The van der Waals surface area contributed by atoms with Gasteiger partial charge in [0.2, 0.25) is 0 Å². The molecule has 0 unspecified atom stereocenters. The number of ketones is 1. The lowest BCUT2D eigenvalue weighted by atomic mass is 9.75. The largest absolute Gasteiger partial charge is 0.370 e. The highest BCUT2D eigenvalue weighted by atomic mass is 16.5. The van der Waals surface area contributed by atoms with Crippen LogP contribution >= 0.6 is 0 Å². The summed E-state index contributed by atoms with van der Waals surface area (Å²) in [7, 11) is 1.65. The Hall–Kier alpha value is -1.15. The molecular formula is C14H18O2. The number of benzene rings is 1. The van der Waals surface area contributed by atoms with Crippen LogP contribution in [0.2, 0.25) is 0 Å². The van der Waals surface area contributed by atoms with E-state index in [2.05, 4.69) is 0 Å². The standard InChI is InChI=1S/C14H18O2/c1-11-6-3-4-7-12(11)10-13(15)14(16-2)8-5-9-14/h3-4,6-7H,5,8-10H2,1-2H3. The molecule has 2 rings (SSSR count). The molecule has 1 fully saturated rings. The molecule has 0 amide bonds. The van der Waals surface area contributed by atoms with Crippen LogP contribution < -0.4 is 0 Å². The molecule has 2 heteroatoms. The van der Waals surface area contributed by atoms with Gasteiger partial charge in [-0.1, -0.05) is 24.3 Å². The zero-order valence-corrected chi connectivity index (χ0v) is 9.95. The maximum absolute atomic E-state index is 12.2. The van der Waals surface area contributed by atoms with Gasteiger partial charge in [0.15, 0.2) is 5.78 Å². The molecule has 1 aromatic carbocycles. The third kappa shape index (κ3) is 1.90. The van der Waals surface area contributed by atoms with Crippen LogP contribution in [0.15, 0.2) is 24.3 Å². The topological polar surface area (TPSA) is 26.3 Å². The molecule has 1 aromatic rings. The Kier molecular flexibility index (Phi) is 3.10. The number of carbonyl (C=O) groups is 1. The van der Waals surface area contributed by atoms with Crippen molar-refractivity contribution in [3.63, 3.8) is 0 Å². The molecule has 1 aliphatic carbocycles. The van der Waals surface area contributed by atoms with Crippen LogP contribution in [0.4, 0.5) is 0 Å². The van der Waals surface area contributed by atoms with E-state index in [1.807, 2.05) is 31.2 Å². The number of methoxy groups -OCH3 is 1. The minimum atomic E-state index is -0.470. The quantitative estimate of drug-likeness (QED) is 0.776. The summed E-state index contributed by atoms with van der Waals surface area (Å²) in [5.41, 5.74) is 1.83. The third-order valence-electron chi connectivity index (χ3n) is 3.67. The summed E-state index contributed by atoms with van der Waals surface area (Å²) in [6.45, 7) is 2.04. The first-order valence-electron chi connectivity index (χ1n) is 5.81. The number of carbonyl (C=O) groups excluding carboxylic acids is 1. The van der Waals surface area contributed by atoms with Gasteiger partial charge >= 0.3 is 0 Å². The van der Waals surface area contributed by atoms with Crippen LogP contribution in [-0.4, -0.2) is 18.5 Å².